The molecule has 0 amide bonds. The van der Waals surface area contributed by atoms with E-state index in [1.165, 1.54) is 12.1 Å². The number of benzene rings is 2. The lowest BCUT2D eigenvalue weighted by atomic mass is 10.1. The first-order chi connectivity index (χ1) is 10.6. The molecule has 0 aliphatic carbocycles. The van der Waals surface area contributed by atoms with Crippen LogP contribution in [0.25, 0.3) is 0 Å². The lowest BCUT2D eigenvalue weighted by Gasteiger charge is -2.11. The smallest absolute Gasteiger partial charge is 0.207 e. The number of sulfonamides is 1. The zero-order valence-electron chi connectivity index (χ0n) is 12.0. The molecule has 3 nitrogen and oxygen atoms in total. The molecule has 0 radical (unpaired) electrons. The van der Waals surface area contributed by atoms with Crippen molar-refractivity contribution in [1.29, 1.82) is 0 Å². The fourth-order valence-electron chi connectivity index (χ4n) is 1.86. The van der Waals surface area contributed by atoms with Crippen LogP contribution in [-0.4, -0.2) is 8.42 Å². The van der Waals surface area contributed by atoms with Gasteiger partial charge in [-0.2, -0.15) is 13.2 Å². The number of hydrogen-bond donors (Lipinski definition) is 1. The molecule has 124 valence electrons. The van der Waals surface area contributed by atoms with Gasteiger partial charge in [0.05, 0.1) is 10.5 Å². The second-order valence-electron chi connectivity index (χ2n) is 4.94. The highest BCUT2D eigenvalue weighted by atomic mass is 32.2. The fraction of sp³-hybridized carbons (Fsp3) is 0.200. The van der Waals surface area contributed by atoms with E-state index >= 15 is 0 Å². The highest BCUT2D eigenvalue weighted by molar-refractivity contribution is 7.89. The van der Waals surface area contributed by atoms with E-state index in [9.17, 15) is 26.0 Å². The quantitative estimate of drug-likeness (QED) is 0.859. The summed E-state index contributed by atoms with van der Waals surface area (Å²) in [5.41, 5.74) is -0.563. The van der Waals surface area contributed by atoms with Gasteiger partial charge >= 0.3 is 6.18 Å². The minimum atomic E-state index is -4.63. The molecule has 0 aromatic heterocycles. The predicted octanol–water partition coefficient (Wildman–Crippen LogP) is 3.63. The van der Waals surface area contributed by atoms with Crippen molar-refractivity contribution in [3.05, 3.63) is 65.0 Å². The first-order valence-electron chi connectivity index (χ1n) is 6.51. The molecule has 0 bridgehead atoms. The first kappa shape index (κ1) is 17.4. The summed E-state index contributed by atoms with van der Waals surface area (Å²) in [5.74, 6) is -0.912. The molecular weight excluding hydrogens is 334 g/mol. The maximum Gasteiger partial charge on any atom is 0.416 e. The van der Waals surface area contributed by atoms with Gasteiger partial charge < -0.3 is 0 Å². The number of nitrogens with one attached hydrogen (secondary N) is 1. The highest BCUT2D eigenvalue weighted by Gasteiger charge is 2.31. The van der Waals surface area contributed by atoms with Crippen LogP contribution in [0.1, 0.15) is 16.7 Å². The lowest BCUT2D eigenvalue weighted by Crippen LogP contribution is -2.24. The normalized spacial score (nSPS) is 12.4. The molecule has 0 heterocycles. The molecular formula is C15H13F4NO2S. The third kappa shape index (κ3) is 4.29. The molecule has 0 aliphatic rings. The van der Waals surface area contributed by atoms with Crippen molar-refractivity contribution in [3.63, 3.8) is 0 Å². The molecule has 1 N–H and O–H groups in total. The van der Waals surface area contributed by atoms with Crippen LogP contribution in [0, 0.1) is 12.7 Å². The van der Waals surface area contributed by atoms with Crippen LogP contribution < -0.4 is 4.72 Å². The Balaban J connectivity index is 2.21. The average molecular weight is 347 g/mol. The third-order valence-electron chi connectivity index (χ3n) is 3.16. The Morgan fingerprint density at radius 2 is 1.65 bits per heavy atom. The van der Waals surface area contributed by atoms with Gasteiger partial charge in [-0.3, -0.25) is 0 Å². The van der Waals surface area contributed by atoms with E-state index in [0.29, 0.717) is 18.2 Å². The monoisotopic (exact) mass is 347 g/mol. The predicted molar refractivity (Wildman–Crippen MR) is 76.6 cm³/mol. The van der Waals surface area contributed by atoms with Gasteiger partial charge in [0.25, 0.3) is 0 Å². The third-order valence-corrected chi connectivity index (χ3v) is 4.57. The summed E-state index contributed by atoms with van der Waals surface area (Å²) >= 11 is 0. The molecule has 2 aromatic carbocycles. The van der Waals surface area contributed by atoms with Gasteiger partial charge in [0, 0.05) is 12.1 Å². The number of rotatable bonds is 4. The van der Waals surface area contributed by atoms with Crippen molar-refractivity contribution in [2.45, 2.75) is 24.5 Å². The largest absolute Gasteiger partial charge is 0.416 e. The van der Waals surface area contributed by atoms with Crippen molar-refractivity contribution in [2.24, 2.45) is 0 Å². The Bertz CT molecular complexity index is 799. The second kappa shape index (κ2) is 6.29. The summed E-state index contributed by atoms with van der Waals surface area (Å²) in [4.78, 5) is -0.0458. The van der Waals surface area contributed by atoms with Crippen molar-refractivity contribution >= 4 is 10.0 Å². The molecule has 23 heavy (non-hydrogen) atoms. The summed E-state index contributed by atoms with van der Waals surface area (Å²) in [6, 6.07) is 7.75. The van der Waals surface area contributed by atoms with Gasteiger partial charge in [-0.25, -0.2) is 17.5 Å². The Morgan fingerprint density at radius 1 is 1.04 bits per heavy atom. The van der Waals surface area contributed by atoms with Crippen LogP contribution >= 0.6 is 0 Å². The molecule has 0 spiro atoms. The zero-order chi connectivity index (χ0) is 17.3. The highest BCUT2D eigenvalue weighted by Crippen LogP contribution is 2.30. The van der Waals surface area contributed by atoms with Crippen LogP contribution in [0.4, 0.5) is 17.6 Å². The average Bonchev–Trinajstić information content (AvgIpc) is 2.45. The summed E-state index contributed by atoms with van der Waals surface area (Å²) in [7, 11) is -3.94. The van der Waals surface area contributed by atoms with Crippen molar-refractivity contribution < 1.29 is 26.0 Å². The van der Waals surface area contributed by atoms with Crippen LogP contribution in [0.2, 0.25) is 0 Å². The molecule has 0 unspecified atom stereocenters. The standard InChI is InChI=1S/C15H13F4NO2S/c1-10-2-5-13(6-3-10)23(21,22)20-9-11-8-12(15(17,18)19)4-7-14(11)16/h2-8,20H,9H2,1H3. The van der Waals surface area contributed by atoms with Crippen LogP contribution in [0.5, 0.6) is 0 Å². The summed E-state index contributed by atoms with van der Waals surface area (Å²) < 4.78 is 77.6. The summed E-state index contributed by atoms with van der Waals surface area (Å²) in [5, 5.41) is 0. The van der Waals surface area contributed by atoms with E-state index in [4.69, 9.17) is 0 Å². The Kier molecular flexibility index (Phi) is 4.76. The van der Waals surface area contributed by atoms with Gasteiger partial charge in [-0.15, -0.1) is 0 Å². The van der Waals surface area contributed by atoms with E-state index in [0.717, 1.165) is 5.56 Å². The second-order valence-corrected chi connectivity index (χ2v) is 6.71. The summed E-state index contributed by atoms with van der Waals surface area (Å²) in [6.45, 7) is 1.20. The zero-order valence-corrected chi connectivity index (χ0v) is 12.8. The summed E-state index contributed by atoms with van der Waals surface area (Å²) in [6.07, 6.45) is -4.63. The Morgan fingerprint density at radius 3 is 2.22 bits per heavy atom. The van der Waals surface area contributed by atoms with Crippen LogP contribution in [0.15, 0.2) is 47.4 Å². The van der Waals surface area contributed by atoms with Crippen molar-refractivity contribution in [2.75, 3.05) is 0 Å². The number of hydrogen-bond acceptors (Lipinski definition) is 2. The molecule has 2 rings (SSSR count). The van der Waals surface area contributed by atoms with Gasteiger partial charge in [0.15, 0.2) is 0 Å². The number of aryl methyl sites for hydroxylation is 1. The van der Waals surface area contributed by atoms with E-state index in [2.05, 4.69) is 4.72 Å². The van der Waals surface area contributed by atoms with Gasteiger partial charge in [-0.1, -0.05) is 17.7 Å². The van der Waals surface area contributed by atoms with E-state index in [1.54, 1.807) is 19.1 Å². The fourth-order valence-corrected chi connectivity index (χ4v) is 2.87. The lowest BCUT2D eigenvalue weighted by molar-refractivity contribution is -0.137. The molecule has 0 atom stereocenters. The first-order valence-corrected chi connectivity index (χ1v) is 8.00. The minimum absolute atomic E-state index is 0.0458. The van der Waals surface area contributed by atoms with E-state index in [1.807, 2.05) is 0 Å². The molecule has 2 aromatic rings. The number of alkyl halides is 3. The van der Waals surface area contributed by atoms with Gasteiger partial charge in [-0.05, 0) is 37.3 Å². The van der Waals surface area contributed by atoms with Crippen molar-refractivity contribution in [1.82, 2.24) is 4.72 Å². The molecule has 0 saturated carbocycles. The molecule has 8 heteroatoms. The molecule has 0 saturated heterocycles. The Labute approximate surface area is 131 Å². The van der Waals surface area contributed by atoms with Crippen molar-refractivity contribution in [3.8, 4) is 0 Å². The van der Waals surface area contributed by atoms with Crippen LogP contribution in [0.3, 0.4) is 0 Å². The minimum Gasteiger partial charge on any atom is -0.207 e. The topological polar surface area (TPSA) is 46.2 Å². The van der Waals surface area contributed by atoms with Crippen LogP contribution in [-0.2, 0) is 22.7 Å². The maximum absolute atomic E-state index is 13.6. The Hall–Kier alpha value is -1.93. The van der Waals surface area contributed by atoms with Gasteiger partial charge in [0.1, 0.15) is 5.82 Å². The van der Waals surface area contributed by atoms with Gasteiger partial charge in [0.2, 0.25) is 10.0 Å². The van der Waals surface area contributed by atoms with E-state index < -0.39 is 34.1 Å². The number of halogens is 4. The van der Waals surface area contributed by atoms with E-state index in [-0.39, 0.29) is 10.5 Å². The molecule has 0 aliphatic heterocycles. The SMILES string of the molecule is Cc1ccc(S(=O)(=O)NCc2cc(C(F)(F)F)ccc2F)cc1. The maximum atomic E-state index is 13.6. The molecule has 0 fully saturated rings.